The van der Waals surface area contributed by atoms with Crippen molar-refractivity contribution in [2.45, 2.75) is 37.8 Å². The first-order valence-corrected chi connectivity index (χ1v) is 5.92. The number of aliphatic hydroxyl groups excluding tert-OH is 1. The summed E-state index contributed by atoms with van der Waals surface area (Å²) >= 11 is 0. The fourth-order valence-corrected chi connectivity index (χ4v) is 2.35. The lowest BCUT2D eigenvalue weighted by Crippen LogP contribution is -2.32. The molecule has 0 heterocycles. The van der Waals surface area contributed by atoms with Crippen LogP contribution < -0.4 is 5.32 Å². The molecule has 1 atom stereocenters. The van der Waals surface area contributed by atoms with Crippen molar-refractivity contribution in [1.29, 1.82) is 0 Å². The van der Waals surface area contributed by atoms with Gasteiger partial charge in [-0.1, -0.05) is 25.0 Å². The highest BCUT2D eigenvalue weighted by Gasteiger charge is 2.19. The minimum Gasteiger partial charge on any atom is -0.394 e. The topological polar surface area (TPSA) is 32.3 Å². The van der Waals surface area contributed by atoms with Gasteiger partial charge in [-0.05, 0) is 30.5 Å². The molecule has 0 spiro atoms. The van der Waals surface area contributed by atoms with Gasteiger partial charge in [-0.3, -0.25) is 0 Å². The fourth-order valence-electron chi connectivity index (χ4n) is 2.35. The summed E-state index contributed by atoms with van der Waals surface area (Å²) in [5, 5.41) is 12.7. The maximum absolute atomic E-state index is 13.1. The summed E-state index contributed by atoms with van der Waals surface area (Å²) < 4.78 is 13.1. The highest BCUT2D eigenvalue weighted by Crippen LogP contribution is 2.22. The molecule has 1 aromatic rings. The Hall–Kier alpha value is -0.930. The molecule has 1 saturated carbocycles. The SMILES string of the molecule is OCC(NC1CCCC1)c1cccc(F)c1. The summed E-state index contributed by atoms with van der Waals surface area (Å²) in [6.45, 7) is 0.0138. The van der Waals surface area contributed by atoms with E-state index < -0.39 is 0 Å². The predicted octanol–water partition coefficient (Wildman–Crippen LogP) is 2.39. The molecule has 0 bridgehead atoms. The molecule has 88 valence electrons. The number of hydrogen-bond acceptors (Lipinski definition) is 2. The van der Waals surface area contributed by atoms with Gasteiger partial charge in [0.05, 0.1) is 12.6 Å². The second-order valence-electron chi connectivity index (χ2n) is 4.44. The first-order valence-electron chi connectivity index (χ1n) is 5.92. The molecule has 2 N–H and O–H groups in total. The Balaban J connectivity index is 2.03. The van der Waals surface area contributed by atoms with E-state index in [-0.39, 0.29) is 18.5 Å². The van der Waals surface area contributed by atoms with Crippen molar-refractivity contribution >= 4 is 0 Å². The van der Waals surface area contributed by atoms with Gasteiger partial charge in [-0.25, -0.2) is 4.39 Å². The van der Waals surface area contributed by atoms with Crippen molar-refractivity contribution in [2.24, 2.45) is 0 Å². The second kappa shape index (κ2) is 5.41. The average Bonchev–Trinajstić information content (AvgIpc) is 2.78. The Labute approximate surface area is 95.5 Å². The lowest BCUT2D eigenvalue weighted by Gasteiger charge is -2.21. The van der Waals surface area contributed by atoms with Crippen LogP contribution in [-0.2, 0) is 0 Å². The molecule has 0 saturated heterocycles. The molecule has 0 aromatic heterocycles. The summed E-state index contributed by atoms with van der Waals surface area (Å²) in [4.78, 5) is 0. The van der Waals surface area contributed by atoms with Crippen LogP contribution in [0.1, 0.15) is 37.3 Å². The maximum atomic E-state index is 13.1. The summed E-state index contributed by atoms with van der Waals surface area (Å²) in [7, 11) is 0. The molecule has 0 radical (unpaired) electrons. The highest BCUT2D eigenvalue weighted by atomic mass is 19.1. The van der Waals surface area contributed by atoms with E-state index in [0.29, 0.717) is 6.04 Å². The molecule has 16 heavy (non-hydrogen) atoms. The third-order valence-electron chi connectivity index (χ3n) is 3.23. The molecule has 1 fully saturated rings. The zero-order valence-electron chi connectivity index (χ0n) is 9.32. The standard InChI is InChI=1S/C13H18FNO/c14-11-5-3-4-10(8-11)13(9-16)15-12-6-1-2-7-12/h3-5,8,12-13,15-16H,1-2,6-7,9H2. The zero-order chi connectivity index (χ0) is 11.4. The van der Waals surface area contributed by atoms with Crippen molar-refractivity contribution < 1.29 is 9.50 Å². The van der Waals surface area contributed by atoms with E-state index in [9.17, 15) is 9.50 Å². The highest BCUT2D eigenvalue weighted by molar-refractivity contribution is 5.20. The number of benzene rings is 1. The van der Waals surface area contributed by atoms with Crippen molar-refractivity contribution in [3.8, 4) is 0 Å². The molecule has 2 rings (SSSR count). The Morgan fingerprint density at radius 3 is 2.75 bits per heavy atom. The Morgan fingerprint density at radius 1 is 1.38 bits per heavy atom. The Kier molecular flexibility index (Phi) is 3.91. The van der Waals surface area contributed by atoms with Gasteiger partial charge in [0.2, 0.25) is 0 Å². The number of nitrogens with one attached hydrogen (secondary N) is 1. The van der Waals surface area contributed by atoms with Gasteiger partial charge in [0.25, 0.3) is 0 Å². The second-order valence-corrected chi connectivity index (χ2v) is 4.44. The van der Waals surface area contributed by atoms with E-state index in [1.165, 1.54) is 25.0 Å². The normalized spacial score (nSPS) is 18.9. The van der Waals surface area contributed by atoms with Crippen LogP contribution in [0.2, 0.25) is 0 Å². The van der Waals surface area contributed by atoms with Crippen LogP contribution in [0.5, 0.6) is 0 Å². The Bertz CT molecular complexity index is 336. The van der Waals surface area contributed by atoms with E-state index in [4.69, 9.17) is 0 Å². The van der Waals surface area contributed by atoms with Gasteiger partial charge in [0.15, 0.2) is 0 Å². The van der Waals surface area contributed by atoms with Crippen molar-refractivity contribution in [3.63, 3.8) is 0 Å². The third-order valence-corrected chi connectivity index (χ3v) is 3.23. The van der Waals surface area contributed by atoms with Crippen LogP contribution >= 0.6 is 0 Å². The predicted molar refractivity (Wildman–Crippen MR) is 61.6 cm³/mol. The van der Waals surface area contributed by atoms with E-state index in [1.54, 1.807) is 6.07 Å². The number of aliphatic hydroxyl groups is 1. The summed E-state index contributed by atoms with van der Waals surface area (Å²) in [5.74, 6) is -0.246. The molecule has 1 unspecified atom stereocenters. The first kappa shape index (κ1) is 11.6. The number of rotatable bonds is 4. The van der Waals surface area contributed by atoms with Crippen molar-refractivity contribution in [1.82, 2.24) is 5.32 Å². The van der Waals surface area contributed by atoms with Gasteiger partial charge >= 0.3 is 0 Å². The Morgan fingerprint density at radius 2 is 2.12 bits per heavy atom. The molecule has 1 aromatic carbocycles. The summed E-state index contributed by atoms with van der Waals surface area (Å²) in [6, 6.07) is 6.78. The average molecular weight is 223 g/mol. The van der Waals surface area contributed by atoms with Crippen molar-refractivity contribution in [3.05, 3.63) is 35.6 Å². The van der Waals surface area contributed by atoms with Gasteiger partial charge in [-0.2, -0.15) is 0 Å². The molecule has 3 heteroatoms. The molecule has 2 nitrogen and oxygen atoms in total. The molecule has 0 amide bonds. The lowest BCUT2D eigenvalue weighted by atomic mass is 10.1. The van der Waals surface area contributed by atoms with Crippen molar-refractivity contribution in [2.75, 3.05) is 6.61 Å². The molecule has 1 aliphatic rings. The van der Waals surface area contributed by atoms with E-state index in [0.717, 1.165) is 18.4 Å². The van der Waals surface area contributed by atoms with Gasteiger partial charge in [0.1, 0.15) is 5.82 Å². The first-order chi connectivity index (χ1) is 7.79. The third kappa shape index (κ3) is 2.80. The zero-order valence-corrected chi connectivity index (χ0v) is 9.32. The molecule has 0 aliphatic heterocycles. The number of hydrogen-bond donors (Lipinski definition) is 2. The van der Waals surface area contributed by atoms with Crippen LogP contribution in [-0.4, -0.2) is 17.8 Å². The van der Waals surface area contributed by atoms with Crippen LogP contribution in [0.3, 0.4) is 0 Å². The quantitative estimate of drug-likeness (QED) is 0.821. The molecule has 1 aliphatic carbocycles. The minimum absolute atomic E-state index is 0.0138. The largest absolute Gasteiger partial charge is 0.394 e. The van der Waals surface area contributed by atoms with Gasteiger partial charge < -0.3 is 10.4 Å². The van der Waals surface area contributed by atoms with E-state index >= 15 is 0 Å². The van der Waals surface area contributed by atoms with E-state index in [2.05, 4.69) is 5.32 Å². The molecular weight excluding hydrogens is 205 g/mol. The van der Waals surface area contributed by atoms with Crippen LogP contribution in [0.4, 0.5) is 4.39 Å². The van der Waals surface area contributed by atoms with Gasteiger partial charge in [0, 0.05) is 6.04 Å². The maximum Gasteiger partial charge on any atom is 0.123 e. The monoisotopic (exact) mass is 223 g/mol. The van der Waals surface area contributed by atoms with Gasteiger partial charge in [-0.15, -0.1) is 0 Å². The lowest BCUT2D eigenvalue weighted by molar-refractivity contribution is 0.232. The summed E-state index contributed by atoms with van der Waals surface area (Å²) in [6.07, 6.45) is 4.82. The molecular formula is C13H18FNO. The minimum atomic E-state index is -0.246. The van der Waals surface area contributed by atoms with Crippen LogP contribution in [0.15, 0.2) is 24.3 Å². The fraction of sp³-hybridized carbons (Fsp3) is 0.538. The van der Waals surface area contributed by atoms with Crippen LogP contribution in [0, 0.1) is 5.82 Å². The summed E-state index contributed by atoms with van der Waals surface area (Å²) in [5.41, 5.74) is 0.828. The smallest absolute Gasteiger partial charge is 0.123 e. The van der Waals surface area contributed by atoms with Crippen LogP contribution in [0.25, 0.3) is 0 Å². The van der Waals surface area contributed by atoms with E-state index in [1.807, 2.05) is 6.07 Å². The number of halogens is 1.